The largest absolute Gasteiger partial charge is 0.756 e. The topological polar surface area (TPSA) is 114 Å². The van der Waals surface area contributed by atoms with E-state index in [-0.39, 0.29) is 24.9 Å². The number of nitrogens with one attached hydrogen (secondary N) is 1. The molecule has 0 rings (SSSR count). The van der Waals surface area contributed by atoms with Crippen molar-refractivity contribution in [1.82, 2.24) is 5.32 Å². The molecule has 0 aliphatic heterocycles. The summed E-state index contributed by atoms with van der Waals surface area (Å²) in [4.78, 5) is 39.9. The van der Waals surface area contributed by atoms with E-state index in [0.29, 0.717) is 17.4 Å². The van der Waals surface area contributed by atoms with Crippen LogP contribution in [-0.4, -0.2) is 69.4 Å². The lowest BCUT2D eigenvalue weighted by atomic mass is 10.0. The van der Waals surface area contributed by atoms with E-state index in [0.717, 1.165) is 103 Å². The van der Waals surface area contributed by atoms with Gasteiger partial charge in [-0.25, -0.2) is 0 Å². The summed E-state index contributed by atoms with van der Waals surface area (Å²) in [6, 6.07) is -0.894. The molecule has 0 aliphatic carbocycles. The number of carbonyl (C=O) groups excluding carboxylic acids is 2. The SMILES string of the molecule is CC/C=C\C/C=C\C/C=C\C/C=C\C/C=C\CCCCCCCCCC(=O)NC(COP(=O)([O-])OCC[N+](C)(C)C)C(/C=C\CCCCCCCCCCCC)OC(=O)CCCCCCCCCCCCCCC. The third-order valence-electron chi connectivity index (χ3n) is 13.4. The van der Waals surface area contributed by atoms with Gasteiger partial charge in [0.2, 0.25) is 5.91 Å². The summed E-state index contributed by atoms with van der Waals surface area (Å²) >= 11 is 0. The number of carbonyl (C=O) groups is 2. The van der Waals surface area contributed by atoms with E-state index in [1.165, 1.54) is 135 Å². The first-order valence-corrected chi connectivity index (χ1v) is 32.2. The Kier molecular flexibility index (Phi) is 52.0. The smallest absolute Gasteiger partial charge is 0.306 e. The van der Waals surface area contributed by atoms with Crippen LogP contribution in [0.15, 0.2) is 72.9 Å². The Balaban J connectivity index is 5.22. The van der Waals surface area contributed by atoms with E-state index in [2.05, 4.69) is 86.8 Å². The molecule has 430 valence electrons. The summed E-state index contributed by atoms with van der Waals surface area (Å²) in [6.45, 7) is 6.72. The van der Waals surface area contributed by atoms with Crippen LogP contribution < -0.4 is 10.2 Å². The highest BCUT2D eigenvalue weighted by atomic mass is 31.2. The van der Waals surface area contributed by atoms with Crippen molar-refractivity contribution in [3.8, 4) is 0 Å². The van der Waals surface area contributed by atoms with E-state index in [1.807, 2.05) is 33.3 Å². The van der Waals surface area contributed by atoms with Gasteiger partial charge in [0.25, 0.3) is 7.82 Å². The summed E-state index contributed by atoms with van der Waals surface area (Å²) in [5, 5.41) is 3.02. The van der Waals surface area contributed by atoms with E-state index < -0.39 is 26.6 Å². The highest BCUT2D eigenvalue weighted by Gasteiger charge is 2.27. The van der Waals surface area contributed by atoms with Gasteiger partial charge < -0.3 is 28.5 Å². The number of phosphoric ester groups is 1. The lowest BCUT2D eigenvalue weighted by molar-refractivity contribution is -0.870. The molecule has 3 unspecified atom stereocenters. The molecule has 10 heteroatoms. The number of unbranched alkanes of at least 4 members (excludes halogenated alkanes) is 29. The van der Waals surface area contributed by atoms with Crippen LogP contribution in [-0.2, 0) is 27.9 Å². The molecule has 0 aromatic carbocycles. The number of amides is 1. The van der Waals surface area contributed by atoms with Crippen molar-refractivity contribution in [2.75, 3.05) is 40.9 Å². The quantitative estimate of drug-likeness (QED) is 0.0212. The fourth-order valence-corrected chi connectivity index (χ4v) is 9.39. The van der Waals surface area contributed by atoms with E-state index in [1.54, 1.807) is 0 Å². The average Bonchev–Trinajstić information content (AvgIpc) is 3.36. The van der Waals surface area contributed by atoms with Gasteiger partial charge in [-0.15, -0.1) is 0 Å². The lowest BCUT2D eigenvalue weighted by Crippen LogP contribution is -2.47. The number of ether oxygens (including phenoxy) is 1. The summed E-state index contributed by atoms with van der Waals surface area (Å²) < 4.78 is 30.3. The predicted octanol–water partition coefficient (Wildman–Crippen LogP) is 18.2. The Morgan fingerprint density at radius 1 is 0.486 bits per heavy atom. The van der Waals surface area contributed by atoms with Crippen LogP contribution in [0.4, 0.5) is 0 Å². The normalized spacial score (nSPS) is 14.2. The number of rotatable bonds is 55. The second kappa shape index (κ2) is 53.8. The number of allylic oxidation sites excluding steroid dienone is 11. The molecule has 0 aromatic rings. The third-order valence-corrected chi connectivity index (χ3v) is 14.4. The Bertz CT molecular complexity index is 1500. The van der Waals surface area contributed by atoms with Crippen molar-refractivity contribution in [2.24, 2.45) is 0 Å². The van der Waals surface area contributed by atoms with Crippen molar-refractivity contribution in [2.45, 2.75) is 283 Å². The van der Waals surface area contributed by atoms with Gasteiger partial charge in [0, 0.05) is 12.8 Å². The molecule has 3 atom stereocenters. The van der Waals surface area contributed by atoms with Crippen molar-refractivity contribution in [1.29, 1.82) is 0 Å². The zero-order valence-corrected chi connectivity index (χ0v) is 49.9. The molecule has 0 saturated carbocycles. The highest BCUT2D eigenvalue weighted by molar-refractivity contribution is 7.45. The van der Waals surface area contributed by atoms with Crippen LogP contribution in [0.2, 0.25) is 0 Å². The number of hydrogen-bond donors (Lipinski definition) is 1. The molecule has 9 nitrogen and oxygen atoms in total. The molecule has 0 heterocycles. The Morgan fingerprint density at radius 2 is 0.865 bits per heavy atom. The molecule has 0 bridgehead atoms. The molecule has 0 radical (unpaired) electrons. The first-order chi connectivity index (χ1) is 35.9. The Morgan fingerprint density at radius 3 is 1.30 bits per heavy atom. The molecule has 0 fully saturated rings. The Hall–Kier alpha value is -2.55. The van der Waals surface area contributed by atoms with Crippen LogP contribution in [0.5, 0.6) is 0 Å². The van der Waals surface area contributed by atoms with Gasteiger partial charge in [0.05, 0.1) is 33.8 Å². The van der Waals surface area contributed by atoms with Gasteiger partial charge in [-0.05, 0) is 76.7 Å². The second-order valence-electron chi connectivity index (χ2n) is 21.8. The minimum atomic E-state index is -4.70. The molecule has 0 aliphatic rings. The monoisotopic (exact) mass is 1060 g/mol. The molecule has 0 spiro atoms. The molecule has 0 saturated heterocycles. The molecular weight excluding hydrogens is 940 g/mol. The number of nitrogens with zero attached hydrogens (tertiary/aromatic N) is 1. The summed E-state index contributed by atoms with van der Waals surface area (Å²) in [5.41, 5.74) is 0. The zero-order chi connectivity index (χ0) is 54.3. The van der Waals surface area contributed by atoms with Gasteiger partial charge >= 0.3 is 5.97 Å². The van der Waals surface area contributed by atoms with Crippen LogP contribution in [0.25, 0.3) is 0 Å². The van der Waals surface area contributed by atoms with Crippen molar-refractivity contribution < 1.29 is 37.3 Å². The summed E-state index contributed by atoms with van der Waals surface area (Å²) in [6.07, 6.45) is 68.6. The van der Waals surface area contributed by atoms with Crippen molar-refractivity contribution in [3.05, 3.63) is 72.9 Å². The van der Waals surface area contributed by atoms with E-state index in [9.17, 15) is 19.0 Å². The fraction of sp³-hybridized carbons (Fsp3) is 0.781. The van der Waals surface area contributed by atoms with Gasteiger partial charge in [-0.1, -0.05) is 255 Å². The van der Waals surface area contributed by atoms with Gasteiger partial charge in [0.15, 0.2) is 0 Å². The number of quaternary nitrogens is 1. The minimum Gasteiger partial charge on any atom is -0.756 e. The third kappa shape index (κ3) is 54.2. The standard InChI is InChI=1S/C64H117N2O7P/c1-7-10-13-16-19-22-25-28-29-30-31-32-33-34-35-36-37-39-41-44-47-50-53-56-63(67)65-61(60-72-74(69,70)71-59-58-66(4,5)6)62(55-52-49-46-43-40-27-24-21-18-15-12-9-3)73-64(68)57-54-51-48-45-42-38-26-23-20-17-14-11-8-2/h10,13,19,22,28-29,31-32,34-35,52,55,61-62H,7-9,11-12,14-18,20-21,23-27,30,33,36-51,53-54,56-60H2,1-6H3,(H-,65,67,69,70)/b13-10-,22-19-,29-28-,32-31-,35-34-,55-52-. The number of esters is 1. The minimum absolute atomic E-state index is 0.0259. The number of likely N-dealkylation sites (N-methyl/N-ethyl adjacent to an activating group) is 1. The van der Waals surface area contributed by atoms with Crippen molar-refractivity contribution in [3.63, 3.8) is 0 Å². The molecule has 0 aromatic heterocycles. The van der Waals surface area contributed by atoms with Crippen LogP contribution in [0.1, 0.15) is 271 Å². The lowest BCUT2D eigenvalue weighted by Gasteiger charge is -2.30. The first kappa shape index (κ1) is 71.5. The molecule has 1 N–H and O–H groups in total. The summed E-state index contributed by atoms with van der Waals surface area (Å²) in [7, 11) is 1.18. The van der Waals surface area contributed by atoms with Crippen molar-refractivity contribution >= 4 is 19.7 Å². The fourth-order valence-electron chi connectivity index (χ4n) is 8.67. The van der Waals surface area contributed by atoms with Crippen LogP contribution in [0, 0.1) is 0 Å². The molecule has 74 heavy (non-hydrogen) atoms. The Labute approximate surface area is 457 Å². The average molecular weight is 1060 g/mol. The maximum absolute atomic E-state index is 13.5. The second-order valence-corrected chi connectivity index (χ2v) is 23.2. The number of phosphoric acid groups is 1. The van der Waals surface area contributed by atoms with E-state index >= 15 is 0 Å². The van der Waals surface area contributed by atoms with E-state index in [4.69, 9.17) is 13.8 Å². The predicted molar refractivity (Wildman–Crippen MR) is 316 cm³/mol. The van der Waals surface area contributed by atoms with Crippen LogP contribution in [0.3, 0.4) is 0 Å². The maximum Gasteiger partial charge on any atom is 0.306 e. The number of hydrogen-bond acceptors (Lipinski definition) is 7. The zero-order valence-electron chi connectivity index (χ0n) is 49.0. The maximum atomic E-state index is 13.5. The molecular formula is C64H117N2O7P. The van der Waals surface area contributed by atoms with Gasteiger partial charge in [-0.3, -0.25) is 14.2 Å². The summed E-state index contributed by atoms with van der Waals surface area (Å²) in [5.74, 6) is -0.550. The first-order valence-electron chi connectivity index (χ1n) is 30.7. The highest BCUT2D eigenvalue weighted by Crippen LogP contribution is 2.38. The van der Waals surface area contributed by atoms with Gasteiger partial charge in [0.1, 0.15) is 19.3 Å². The van der Waals surface area contributed by atoms with Gasteiger partial charge in [-0.2, -0.15) is 0 Å². The molecule has 1 amide bonds. The van der Waals surface area contributed by atoms with Crippen LogP contribution >= 0.6 is 7.82 Å².